The number of aromatic nitrogens is 2. The summed E-state index contributed by atoms with van der Waals surface area (Å²) in [6, 6.07) is 0. The fourth-order valence-corrected chi connectivity index (χ4v) is 3.00. The standard InChI is InChI=1S/C13H20N2S/c1-8(2)10-6-9-11(16-10)7-14-12(15-9)13(3,4)5/h7-8,10H,6H2,1-5H3. The number of hydrogen-bond acceptors (Lipinski definition) is 3. The minimum Gasteiger partial charge on any atom is -0.240 e. The Morgan fingerprint density at radius 1 is 1.38 bits per heavy atom. The highest BCUT2D eigenvalue weighted by Crippen LogP contribution is 2.39. The lowest BCUT2D eigenvalue weighted by molar-refractivity contribution is 0.535. The number of rotatable bonds is 1. The summed E-state index contributed by atoms with van der Waals surface area (Å²) in [5.74, 6) is 1.67. The third-order valence-electron chi connectivity index (χ3n) is 2.92. The fraction of sp³-hybridized carbons (Fsp3) is 0.692. The summed E-state index contributed by atoms with van der Waals surface area (Å²) in [6.45, 7) is 11.0. The van der Waals surface area contributed by atoms with Crippen LogP contribution in [-0.2, 0) is 11.8 Å². The third kappa shape index (κ3) is 2.24. The summed E-state index contributed by atoms with van der Waals surface area (Å²) in [5, 5.41) is 0.680. The van der Waals surface area contributed by atoms with Gasteiger partial charge in [0.05, 0.1) is 5.69 Å². The molecule has 1 aromatic rings. The molecule has 0 saturated heterocycles. The highest BCUT2D eigenvalue weighted by molar-refractivity contribution is 8.00. The van der Waals surface area contributed by atoms with Gasteiger partial charge in [-0.25, -0.2) is 9.97 Å². The van der Waals surface area contributed by atoms with E-state index in [1.165, 1.54) is 10.6 Å². The Morgan fingerprint density at radius 3 is 2.62 bits per heavy atom. The summed E-state index contributed by atoms with van der Waals surface area (Å²) in [7, 11) is 0. The van der Waals surface area contributed by atoms with Gasteiger partial charge in [-0.15, -0.1) is 11.8 Å². The van der Waals surface area contributed by atoms with E-state index in [2.05, 4.69) is 39.6 Å². The molecule has 1 aromatic heterocycles. The van der Waals surface area contributed by atoms with Crippen molar-refractivity contribution in [2.75, 3.05) is 0 Å². The van der Waals surface area contributed by atoms with Crippen LogP contribution in [-0.4, -0.2) is 15.2 Å². The molecule has 0 radical (unpaired) electrons. The van der Waals surface area contributed by atoms with E-state index in [1.54, 1.807) is 0 Å². The van der Waals surface area contributed by atoms with E-state index in [4.69, 9.17) is 4.98 Å². The molecule has 1 aliphatic heterocycles. The van der Waals surface area contributed by atoms with E-state index in [0.717, 1.165) is 12.2 Å². The molecule has 3 heteroatoms. The first kappa shape index (κ1) is 11.9. The number of fused-ring (bicyclic) bond motifs is 1. The minimum atomic E-state index is 0.0512. The number of thioether (sulfide) groups is 1. The highest BCUT2D eigenvalue weighted by atomic mass is 32.2. The third-order valence-corrected chi connectivity index (χ3v) is 4.53. The summed E-state index contributed by atoms with van der Waals surface area (Å²) in [5.41, 5.74) is 1.30. The van der Waals surface area contributed by atoms with Gasteiger partial charge in [-0.1, -0.05) is 34.6 Å². The zero-order valence-corrected chi connectivity index (χ0v) is 11.6. The molecule has 0 saturated carbocycles. The fourth-order valence-electron chi connectivity index (χ4n) is 1.78. The van der Waals surface area contributed by atoms with E-state index in [0.29, 0.717) is 11.2 Å². The van der Waals surface area contributed by atoms with Gasteiger partial charge in [0.25, 0.3) is 0 Å². The molecule has 2 rings (SSSR count). The highest BCUT2D eigenvalue weighted by Gasteiger charge is 2.28. The second-order valence-electron chi connectivity index (χ2n) is 5.86. The Kier molecular flexibility index (Phi) is 2.99. The minimum absolute atomic E-state index is 0.0512. The van der Waals surface area contributed by atoms with Gasteiger partial charge in [-0.3, -0.25) is 0 Å². The Hall–Kier alpha value is -0.570. The maximum absolute atomic E-state index is 4.73. The van der Waals surface area contributed by atoms with Gasteiger partial charge in [-0.05, 0) is 5.92 Å². The number of hydrogen-bond donors (Lipinski definition) is 0. The maximum Gasteiger partial charge on any atom is 0.133 e. The van der Waals surface area contributed by atoms with Crippen molar-refractivity contribution in [1.29, 1.82) is 0 Å². The quantitative estimate of drug-likeness (QED) is 0.747. The van der Waals surface area contributed by atoms with Crippen LogP contribution >= 0.6 is 11.8 Å². The molecular formula is C13H20N2S. The van der Waals surface area contributed by atoms with Gasteiger partial charge >= 0.3 is 0 Å². The zero-order valence-electron chi connectivity index (χ0n) is 10.7. The summed E-state index contributed by atoms with van der Waals surface area (Å²) in [6.07, 6.45) is 3.11. The van der Waals surface area contributed by atoms with Crippen LogP contribution < -0.4 is 0 Å². The Balaban J connectivity index is 2.28. The first-order valence-electron chi connectivity index (χ1n) is 5.91. The van der Waals surface area contributed by atoms with Crippen molar-refractivity contribution >= 4 is 11.8 Å². The van der Waals surface area contributed by atoms with E-state index in [9.17, 15) is 0 Å². The summed E-state index contributed by atoms with van der Waals surface area (Å²) < 4.78 is 0. The lowest BCUT2D eigenvalue weighted by Crippen LogP contribution is -2.17. The smallest absolute Gasteiger partial charge is 0.133 e. The molecule has 16 heavy (non-hydrogen) atoms. The van der Waals surface area contributed by atoms with Gasteiger partial charge in [0, 0.05) is 28.2 Å². The SMILES string of the molecule is CC(C)C1Cc2nc(C(C)(C)C)ncc2S1. The van der Waals surface area contributed by atoms with E-state index in [1.807, 2.05) is 18.0 Å². The van der Waals surface area contributed by atoms with Crippen molar-refractivity contribution < 1.29 is 0 Å². The van der Waals surface area contributed by atoms with Crippen molar-refractivity contribution in [3.05, 3.63) is 17.7 Å². The first-order chi connectivity index (χ1) is 7.38. The van der Waals surface area contributed by atoms with Crippen LogP contribution in [0.4, 0.5) is 0 Å². The van der Waals surface area contributed by atoms with Crippen molar-refractivity contribution in [3.63, 3.8) is 0 Å². The van der Waals surface area contributed by atoms with Gasteiger partial charge in [0.15, 0.2) is 0 Å². The molecule has 88 valence electrons. The predicted molar refractivity (Wildman–Crippen MR) is 68.9 cm³/mol. The monoisotopic (exact) mass is 236 g/mol. The van der Waals surface area contributed by atoms with Gasteiger partial charge < -0.3 is 0 Å². The Bertz CT molecular complexity index is 393. The van der Waals surface area contributed by atoms with Gasteiger partial charge in [-0.2, -0.15) is 0 Å². The van der Waals surface area contributed by atoms with Crippen LogP contribution in [0.3, 0.4) is 0 Å². The van der Waals surface area contributed by atoms with Crippen LogP contribution in [0.2, 0.25) is 0 Å². The maximum atomic E-state index is 4.73. The first-order valence-corrected chi connectivity index (χ1v) is 6.79. The molecule has 0 N–H and O–H groups in total. The molecular weight excluding hydrogens is 216 g/mol. The summed E-state index contributed by atoms with van der Waals surface area (Å²) >= 11 is 1.94. The van der Waals surface area contributed by atoms with Gasteiger partial charge in [0.2, 0.25) is 0 Å². The molecule has 2 heterocycles. The number of nitrogens with zero attached hydrogens (tertiary/aromatic N) is 2. The lowest BCUT2D eigenvalue weighted by atomic mass is 9.95. The van der Waals surface area contributed by atoms with Crippen LogP contribution in [0.5, 0.6) is 0 Å². The molecule has 0 amide bonds. The molecule has 1 aliphatic rings. The average molecular weight is 236 g/mol. The van der Waals surface area contributed by atoms with Crippen molar-refractivity contribution in [2.45, 2.75) is 56.6 Å². The normalized spacial score (nSPS) is 20.2. The molecule has 0 spiro atoms. The molecule has 0 aromatic carbocycles. The molecule has 1 unspecified atom stereocenters. The Labute approximate surface area is 102 Å². The largest absolute Gasteiger partial charge is 0.240 e. The second kappa shape index (κ2) is 4.02. The van der Waals surface area contributed by atoms with Crippen molar-refractivity contribution in [1.82, 2.24) is 9.97 Å². The van der Waals surface area contributed by atoms with E-state index >= 15 is 0 Å². The second-order valence-corrected chi connectivity index (χ2v) is 7.14. The molecule has 0 bridgehead atoms. The zero-order chi connectivity index (χ0) is 11.9. The molecule has 0 fully saturated rings. The molecule has 1 atom stereocenters. The van der Waals surface area contributed by atoms with Gasteiger partial charge in [0.1, 0.15) is 5.82 Å². The van der Waals surface area contributed by atoms with E-state index in [-0.39, 0.29) is 5.41 Å². The topological polar surface area (TPSA) is 25.8 Å². The van der Waals surface area contributed by atoms with Crippen molar-refractivity contribution in [2.24, 2.45) is 5.92 Å². The van der Waals surface area contributed by atoms with E-state index < -0.39 is 0 Å². The van der Waals surface area contributed by atoms with Crippen LogP contribution in [0, 0.1) is 5.92 Å². The Morgan fingerprint density at radius 2 is 2.06 bits per heavy atom. The molecule has 2 nitrogen and oxygen atoms in total. The predicted octanol–water partition coefficient (Wildman–Crippen LogP) is 3.45. The average Bonchev–Trinajstić information content (AvgIpc) is 2.58. The van der Waals surface area contributed by atoms with Crippen molar-refractivity contribution in [3.8, 4) is 0 Å². The summed E-state index contributed by atoms with van der Waals surface area (Å²) in [4.78, 5) is 10.5. The van der Waals surface area contributed by atoms with Crippen LogP contribution in [0.15, 0.2) is 11.1 Å². The van der Waals surface area contributed by atoms with Crippen LogP contribution in [0.1, 0.15) is 46.1 Å². The molecule has 0 aliphatic carbocycles. The van der Waals surface area contributed by atoms with Crippen LogP contribution in [0.25, 0.3) is 0 Å². The lowest BCUT2D eigenvalue weighted by Gasteiger charge is -2.16.